The van der Waals surface area contributed by atoms with Gasteiger partial charge in [-0.25, -0.2) is 8.42 Å². The second-order valence-electron chi connectivity index (χ2n) is 5.23. The number of nitrogens with one attached hydrogen (secondary N) is 1. The zero-order valence-corrected chi connectivity index (χ0v) is 12.1. The first-order chi connectivity index (χ1) is 8.21. The number of carbonyl (C=O) groups excluding carboxylic acids is 1. The molecule has 3 N–H and O–H groups in total. The number of hydrogen-bond acceptors (Lipinski definition) is 5. The van der Waals surface area contributed by atoms with E-state index in [-0.39, 0.29) is 17.6 Å². The molecule has 1 aliphatic rings. The summed E-state index contributed by atoms with van der Waals surface area (Å²) in [6.07, 6.45) is 3.19. The third kappa shape index (κ3) is 3.93. The lowest BCUT2D eigenvalue weighted by molar-refractivity contribution is -0.125. The summed E-state index contributed by atoms with van der Waals surface area (Å²) in [5.41, 5.74) is 4.78. The molecule has 1 aliphatic carbocycles. The first kappa shape index (κ1) is 15.4. The van der Waals surface area contributed by atoms with Gasteiger partial charge in [0.2, 0.25) is 5.91 Å². The molecule has 7 heteroatoms. The Balaban J connectivity index is 2.63. The van der Waals surface area contributed by atoms with Crippen molar-refractivity contribution in [2.75, 3.05) is 39.2 Å². The summed E-state index contributed by atoms with van der Waals surface area (Å²) in [6.45, 7) is 0.848. The SMILES string of the molecule is CNC(CN(C)CCS(C)(=O)=O)(C(N)=O)C1CC1. The van der Waals surface area contributed by atoms with Gasteiger partial charge < -0.3 is 16.0 Å². The molecule has 0 aromatic carbocycles. The molecule has 1 amide bonds. The van der Waals surface area contributed by atoms with E-state index in [1.54, 1.807) is 7.05 Å². The van der Waals surface area contributed by atoms with Gasteiger partial charge in [-0.2, -0.15) is 0 Å². The van der Waals surface area contributed by atoms with Gasteiger partial charge in [-0.05, 0) is 32.9 Å². The Bertz CT molecular complexity index is 406. The number of nitrogens with two attached hydrogens (primary N) is 1. The van der Waals surface area contributed by atoms with Crippen LogP contribution in [0.3, 0.4) is 0 Å². The molecular formula is C11H23N3O3S. The lowest BCUT2D eigenvalue weighted by Gasteiger charge is -2.34. The van der Waals surface area contributed by atoms with Crippen molar-refractivity contribution < 1.29 is 13.2 Å². The van der Waals surface area contributed by atoms with Crippen LogP contribution in [0, 0.1) is 5.92 Å². The van der Waals surface area contributed by atoms with Crippen LogP contribution >= 0.6 is 0 Å². The van der Waals surface area contributed by atoms with Crippen LogP contribution in [0.15, 0.2) is 0 Å². The molecule has 0 heterocycles. The summed E-state index contributed by atoms with van der Waals surface area (Å²) in [5.74, 6) is -0.00778. The van der Waals surface area contributed by atoms with Crippen molar-refractivity contribution in [1.29, 1.82) is 0 Å². The molecule has 1 fully saturated rings. The molecule has 1 saturated carbocycles. The van der Waals surface area contributed by atoms with Crippen molar-refractivity contribution in [3.63, 3.8) is 0 Å². The van der Waals surface area contributed by atoms with E-state index in [9.17, 15) is 13.2 Å². The second kappa shape index (κ2) is 5.54. The molecule has 0 aliphatic heterocycles. The van der Waals surface area contributed by atoms with Crippen LogP contribution in [0.2, 0.25) is 0 Å². The van der Waals surface area contributed by atoms with Gasteiger partial charge in [0.05, 0.1) is 5.75 Å². The van der Waals surface area contributed by atoms with E-state index in [4.69, 9.17) is 5.73 Å². The lowest BCUT2D eigenvalue weighted by atomic mass is 9.91. The molecule has 0 spiro atoms. The monoisotopic (exact) mass is 277 g/mol. The van der Waals surface area contributed by atoms with Gasteiger partial charge in [0.15, 0.2) is 0 Å². The van der Waals surface area contributed by atoms with Crippen molar-refractivity contribution in [3.05, 3.63) is 0 Å². The average Bonchev–Trinajstić information content (AvgIpc) is 3.05. The molecule has 0 saturated heterocycles. The average molecular weight is 277 g/mol. The predicted molar refractivity (Wildman–Crippen MR) is 70.9 cm³/mol. The Labute approximate surface area is 109 Å². The highest BCUT2D eigenvalue weighted by Gasteiger charge is 2.49. The number of hydrogen-bond donors (Lipinski definition) is 2. The summed E-state index contributed by atoms with van der Waals surface area (Å²) in [5, 5.41) is 3.04. The number of likely N-dealkylation sites (N-methyl/N-ethyl adjacent to an activating group) is 2. The summed E-state index contributed by atoms with van der Waals surface area (Å²) in [7, 11) is 0.553. The highest BCUT2D eigenvalue weighted by atomic mass is 32.2. The van der Waals surface area contributed by atoms with Crippen molar-refractivity contribution in [2.24, 2.45) is 11.7 Å². The van der Waals surface area contributed by atoms with E-state index < -0.39 is 15.4 Å². The van der Waals surface area contributed by atoms with Crippen molar-refractivity contribution in [2.45, 2.75) is 18.4 Å². The Hall–Kier alpha value is -0.660. The van der Waals surface area contributed by atoms with Crippen LogP contribution in [0.5, 0.6) is 0 Å². The molecule has 0 bridgehead atoms. The third-order valence-corrected chi connectivity index (χ3v) is 4.45. The molecule has 0 radical (unpaired) electrons. The molecule has 18 heavy (non-hydrogen) atoms. The first-order valence-electron chi connectivity index (χ1n) is 6.06. The Morgan fingerprint density at radius 3 is 2.39 bits per heavy atom. The molecule has 1 rings (SSSR count). The van der Waals surface area contributed by atoms with Crippen LogP contribution in [0.4, 0.5) is 0 Å². The number of nitrogens with zero attached hydrogens (tertiary/aromatic N) is 1. The Morgan fingerprint density at radius 1 is 1.50 bits per heavy atom. The van der Waals surface area contributed by atoms with Gasteiger partial charge in [-0.1, -0.05) is 0 Å². The molecule has 106 valence electrons. The Kier molecular flexibility index (Phi) is 4.74. The summed E-state index contributed by atoms with van der Waals surface area (Å²) in [6, 6.07) is 0. The zero-order chi connectivity index (χ0) is 14.0. The number of sulfone groups is 1. The minimum Gasteiger partial charge on any atom is -0.368 e. The fraction of sp³-hybridized carbons (Fsp3) is 0.909. The van der Waals surface area contributed by atoms with E-state index in [2.05, 4.69) is 5.32 Å². The largest absolute Gasteiger partial charge is 0.368 e. The second-order valence-corrected chi connectivity index (χ2v) is 7.49. The minimum absolute atomic E-state index is 0.0900. The van der Waals surface area contributed by atoms with Crippen LogP contribution in [0.25, 0.3) is 0 Å². The van der Waals surface area contributed by atoms with Gasteiger partial charge in [-0.15, -0.1) is 0 Å². The lowest BCUT2D eigenvalue weighted by Crippen LogP contribution is -2.61. The quantitative estimate of drug-likeness (QED) is 0.582. The van der Waals surface area contributed by atoms with E-state index in [1.807, 2.05) is 11.9 Å². The topological polar surface area (TPSA) is 92.5 Å². The van der Waals surface area contributed by atoms with E-state index in [1.165, 1.54) is 6.26 Å². The third-order valence-electron chi connectivity index (χ3n) is 3.52. The van der Waals surface area contributed by atoms with Crippen LogP contribution < -0.4 is 11.1 Å². The molecule has 0 aromatic heterocycles. The number of amides is 1. The van der Waals surface area contributed by atoms with Gasteiger partial charge in [0.1, 0.15) is 15.4 Å². The summed E-state index contributed by atoms with van der Waals surface area (Å²) >= 11 is 0. The molecule has 6 nitrogen and oxygen atoms in total. The van der Waals surface area contributed by atoms with Gasteiger partial charge >= 0.3 is 0 Å². The number of primary amides is 1. The van der Waals surface area contributed by atoms with E-state index >= 15 is 0 Å². The van der Waals surface area contributed by atoms with Crippen molar-refractivity contribution in [1.82, 2.24) is 10.2 Å². The maximum absolute atomic E-state index is 11.7. The Morgan fingerprint density at radius 2 is 2.06 bits per heavy atom. The minimum atomic E-state index is -2.98. The smallest absolute Gasteiger partial charge is 0.239 e. The highest BCUT2D eigenvalue weighted by Crippen LogP contribution is 2.39. The van der Waals surface area contributed by atoms with E-state index in [0.29, 0.717) is 13.1 Å². The number of carbonyl (C=O) groups is 1. The van der Waals surface area contributed by atoms with Crippen LogP contribution in [0.1, 0.15) is 12.8 Å². The van der Waals surface area contributed by atoms with Gasteiger partial charge in [-0.3, -0.25) is 4.79 Å². The van der Waals surface area contributed by atoms with Crippen molar-refractivity contribution >= 4 is 15.7 Å². The normalized spacial score (nSPS) is 19.8. The zero-order valence-electron chi connectivity index (χ0n) is 11.3. The van der Waals surface area contributed by atoms with E-state index in [0.717, 1.165) is 12.8 Å². The molecule has 0 aromatic rings. The summed E-state index contributed by atoms with van der Waals surface area (Å²) < 4.78 is 22.2. The molecular weight excluding hydrogens is 254 g/mol. The molecule has 1 unspecified atom stereocenters. The molecule has 1 atom stereocenters. The van der Waals surface area contributed by atoms with Gasteiger partial charge in [0, 0.05) is 19.3 Å². The predicted octanol–water partition coefficient (Wildman–Crippen LogP) is -1.18. The maximum Gasteiger partial charge on any atom is 0.239 e. The van der Waals surface area contributed by atoms with Crippen LogP contribution in [-0.2, 0) is 14.6 Å². The number of rotatable bonds is 8. The van der Waals surface area contributed by atoms with Crippen molar-refractivity contribution in [3.8, 4) is 0 Å². The van der Waals surface area contributed by atoms with Crippen LogP contribution in [-0.4, -0.2) is 64.0 Å². The first-order valence-corrected chi connectivity index (χ1v) is 8.12. The van der Waals surface area contributed by atoms with Gasteiger partial charge in [0.25, 0.3) is 0 Å². The fourth-order valence-corrected chi connectivity index (χ4v) is 2.86. The maximum atomic E-state index is 11.7. The summed E-state index contributed by atoms with van der Waals surface area (Å²) in [4.78, 5) is 13.5. The fourth-order valence-electron chi connectivity index (χ4n) is 2.22. The highest BCUT2D eigenvalue weighted by molar-refractivity contribution is 7.90. The standard InChI is InChI=1S/C11H23N3O3S/c1-13-11(10(12)15,9-4-5-9)8-14(2)6-7-18(3,16)17/h9,13H,4-8H2,1-3H3,(H2,12,15).